The lowest BCUT2D eigenvalue weighted by Gasteiger charge is -2.44. The van der Waals surface area contributed by atoms with Gasteiger partial charge in [0.2, 0.25) is 5.91 Å². The second-order valence-corrected chi connectivity index (χ2v) is 9.90. The van der Waals surface area contributed by atoms with Gasteiger partial charge in [0.25, 0.3) is 5.91 Å². The van der Waals surface area contributed by atoms with E-state index in [0.29, 0.717) is 57.4 Å². The largest absolute Gasteiger partial charge is 0.493 e. The van der Waals surface area contributed by atoms with E-state index in [1.807, 2.05) is 28.1 Å². The van der Waals surface area contributed by atoms with Crippen LogP contribution in [0.4, 0.5) is 0 Å². The predicted molar refractivity (Wildman–Crippen MR) is 134 cm³/mol. The van der Waals surface area contributed by atoms with E-state index in [-0.39, 0.29) is 23.7 Å². The van der Waals surface area contributed by atoms with E-state index in [1.165, 1.54) is 0 Å². The number of morpholine rings is 1. The highest BCUT2D eigenvalue weighted by atomic mass is 16.5. The van der Waals surface area contributed by atoms with E-state index in [0.717, 1.165) is 50.0 Å². The number of nitrogens with zero attached hydrogens (tertiary/aromatic N) is 5. The van der Waals surface area contributed by atoms with Crippen LogP contribution in [0.3, 0.4) is 0 Å². The van der Waals surface area contributed by atoms with Crippen LogP contribution in [0.2, 0.25) is 0 Å². The average molecular weight is 500 g/mol. The minimum Gasteiger partial charge on any atom is -0.493 e. The molecule has 0 N–H and O–H groups in total. The summed E-state index contributed by atoms with van der Waals surface area (Å²) in [6, 6.07) is 5.88. The Balaban J connectivity index is 1.31. The van der Waals surface area contributed by atoms with Crippen molar-refractivity contribution in [3.63, 3.8) is 0 Å². The molecule has 0 spiro atoms. The van der Waals surface area contributed by atoms with Gasteiger partial charge in [-0.3, -0.25) is 14.5 Å². The number of ether oxygens (including phenoxy) is 3. The first-order chi connectivity index (χ1) is 17.6. The summed E-state index contributed by atoms with van der Waals surface area (Å²) in [4.78, 5) is 30.3. The molecule has 196 valence electrons. The number of carbonyl (C=O) groups is 2. The van der Waals surface area contributed by atoms with Gasteiger partial charge in [-0.05, 0) is 31.0 Å². The van der Waals surface area contributed by atoms with Gasteiger partial charge in [-0.15, -0.1) is 0 Å². The molecule has 3 heterocycles. The maximum atomic E-state index is 13.6. The lowest BCUT2D eigenvalue weighted by atomic mass is 9.73. The summed E-state index contributed by atoms with van der Waals surface area (Å²) in [5, 5.41) is 8.62. The van der Waals surface area contributed by atoms with Crippen molar-refractivity contribution in [2.75, 3.05) is 73.2 Å². The van der Waals surface area contributed by atoms with Crippen LogP contribution in [0.5, 0.6) is 11.5 Å². The molecular formula is C26H37N5O5. The van der Waals surface area contributed by atoms with Gasteiger partial charge in [0.05, 0.1) is 39.7 Å². The van der Waals surface area contributed by atoms with Gasteiger partial charge >= 0.3 is 0 Å². The molecule has 10 nitrogen and oxygen atoms in total. The number of carbonyl (C=O) groups excluding carboxylic acids is 2. The number of fused-ring (bicyclic) bond motifs is 1. The highest BCUT2D eigenvalue weighted by Gasteiger charge is 2.43. The Kier molecular flexibility index (Phi) is 7.73. The second kappa shape index (κ2) is 11.1. The standard InChI is InChI=1S/C26H37N5O5/c1-34-22-8-7-19(17-23(22)35-2)25-20-5-3-4-6-21(20)26(33)31(27-25)30-11-9-28(10-12-30)18-24(32)29-13-15-36-16-14-29/h7-8,17,20-21H,3-6,9-16,18H2,1-2H3. The van der Waals surface area contributed by atoms with Crippen molar-refractivity contribution in [2.24, 2.45) is 16.9 Å². The number of hydrogen-bond acceptors (Lipinski definition) is 8. The van der Waals surface area contributed by atoms with Gasteiger partial charge in [0, 0.05) is 56.7 Å². The van der Waals surface area contributed by atoms with Gasteiger partial charge in [0.15, 0.2) is 11.5 Å². The summed E-state index contributed by atoms with van der Waals surface area (Å²) in [5.41, 5.74) is 1.92. The molecule has 10 heteroatoms. The molecule has 3 fully saturated rings. The first kappa shape index (κ1) is 25.0. The molecule has 2 unspecified atom stereocenters. The van der Waals surface area contributed by atoms with Crippen molar-refractivity contribution < 1.29 is 23.8 Å². The fraction of sp³-hybridized carbons (Fsp3) is 0.654. The molecule has 3 aliphatic heterocycles. The zero-order valence-electron chi connectivity index (χ0n) is 21.4. The Hall–Kier alpha value is -2.69. The van der Waals surface area contributed by atoms with Crippen LogP contribution < -0.4 is 9.47 Å². The van der Waals surface area contributed by atoms with Crippen molar-refractivity contribution >= 4 is 17.5 Å². The molecular weight excluding hydrogens is 462 g/mol. The molecule has 4 aliphatic rings. The SMILES string of the molecule is COc1ccc(C2=NN(N3CCN(CC(=O)N4CCOCC4)CC3)C(=O)C3CCCCC23)cc1OC. The summed E-state index contributed by atoms with van der Waals surface area (Å²) in [5.74, 6) is 1.65. The first-order valence-corrected chi connectivity index (χ1v) is 13.1. The smallest absolute Gasteiger partial charge is 0.261 e. The second-order valence-electron chi connectivity index (χ2n) is 9.90. The van der Waals surface area contributed by atoms with E-state index >= 15 is 0 Å². The van der Waals surface area contributed by atoms with Crippen molar-refractivity contribution in [1.82, 2.24) is 19.9 Å². The average Bonchev–Trinajstić information content (AvgIpc) is 2.94. The van der Waals surface area contributed by atoms with E-state index < -0.39 is 0 Å². The normalized spacial score (nSPS) is 25.8. The Labute approximate surface area is 212 Å². The lowest BCUT2D eigenvalue weighted by Crippen LogP contribution is -2.59. The van der Waals surface area contributed by atoms with Crippen LogP contribution in [0.1, 0.15) is 31.2 Å². The summed E-state index contributed by atoms with van der Waals surface area (Å²) >= 11 is 0. The van der Waals surface area contributed by atoms with E-state index in [2.05, 4.69) is 4.90 Å². The van der Waals surface area contributed by atoms with E-state index in [1.54, 1.807) is 19.3 Å². The number of benzene rings is 1. The first-order valence-electron chi connectivity index (χ1n) is 13.1. The van der Waals surface area contributed by atoms with E-state index in [9.17, 15) is 9.59 Å². The monoisotopic (exact) mass is 499 g/mol. The number of hydrogen-bond donors (Lipinski definition) is 0. The molecule has 2 amide bonds. The van der Waals surface area contributed by atoms with Crippen LogP contribution in [-0.4, -0.2) is 111 Å². The summed E-state index contributed by atoms with van der Waals surface area (Å²) in [6.07, 6.45) is 4.03. The Morgan fingerprint density at radius 1 is 0.972 bits per heavy atom. The van der Waals surface area contributed by atoms with Crippen molar-refractivity contribution in [2.45, 2.75) is 25.7 Å². The third-order valence-electron chi connectivity index (χ3n) is 7.85. The summed E-state index contributed by atoms with van der Waals surface area (Å²) in [7, 11) is 3.26. The van der Waals surface area contributed by atoms with Crippen molar-refractivity contribution in [3.8, 4) is 11.5 Å². The minimum atomic E-state index is -0.0553. The van der Waals surface area contributed by atoms with Crippen molar-refractivity contribution in [3.05, 3.63) is 23.8 Å². The molecule has 1 aromatic rings. The number of hydrazine groups is 1. The molecule has 5 rings (SSSR count). The van der Waals surface area contributed by atoms with Gasteiger partial charge in [0.1, 0.15) is 0 Å². The number of rotatable bonds is 6. The lowest BCUT2D eigenvalue weighted by molar-refractivity contribution is -0.162. The number of piperazine rings is 1. The van der Waals surface area contributed by atoms with Crippen LogP contribution in [0.15, 0.2) is 23.3 Å². The van der Waals surface area contributed by atoms with Crippen molar-refractivity contribution in [1.29, 1.82) is 0 Å². The molecule has 2 atom stereocenters. The molecule has 2 saturated heterocycles. The highest BCUT2D eigenvalue weighted by molar-refractivity contribution is 6.07. The highest BCUT2D eigenvalue weighted by Crippen LogP contribution is 2.39. The Bertz CT molecular complexity index is 987. The van der Waals surface area contributed by atoms with Crippen LogP contribution >= 0.6 is 0 Å². The fourth-order valence-electron chi connectivity index (χ4n) is 5.79. The predicted octanol–water partition coefficient (Wildman–Crippen LogP) is 1.45. The molecule has 36 heavy (non-hydrogen) atoms. The van der Waals surface area contributed by atoms with Gasteiger partial charge < -0.3 is 19.1 Å². The molecule has 1 aliphatic carbocycles. The number of amides is 2. The Morgan fingerprint density at radius 3 is 2.36 bits per heavy atom. The molecule has 0 radical (unpaired) electrons. The number of methoxy groups -OCH3 is 2. The maximum absolute atomic E-state index is 13.6. The molecule has 1 aromatic carbocycles. The van der Waals surface area contributed by atoms with Gasteiger partial charge in [-0.1, -0.05) is 12.8 Å². The van der Waals surface area contributed by atoms with E-state index in [4.69, 9.17) is 19.3 Å². The molecule has 0 bridgehead atoms. The zero-order valence-corrected chi connectivity index (χ0v) is 21.4. The third-order valence-corrected chi connectivity index (χ3v) is 7.85. The zero-order chi connectivity index (χ0) is 25.1. The summed E-state index contributed by atoms with van der Waals surface area (Å²) < 4.78 is 16.3. The molecule has 1 saturated carbocycles. The molecule has 0 aromatic heterocycles. The topological polar surface area (TPSA) is 87.2 Å². The summed E-state index contributed by atoms with van der Waals surface area (Å²) in [6.45, 7) is 5.70. The van der Waals surface area contributed by atoms with Gasteiger partial charge in [-0.25, -0.2) is 0 Å². The number of hydrazone groups is 1. The quantitative estimate of drug-likeness (QED) is 0.586. The van der Waals surface area contributed by atoms with Crippen LogP contribution in [0, 0.1) is 11.8 Å². The third kappa shape index (κ3) is 5.07. The fourth-order valence-corrected chi connectivity index (χ4v) is 5.79. The Morgan fingerprint density at radius 2 is 1.67 bits per heavy atom. The van der Waals surface area contributed by atoms with Crippen LogP contribution in [-0.2, 0) is 14.3 Å². The maximum Gasteiger partial charge on any atom is 0.261 e. The van der Waals surface area contributed by atoms with Gasteiger partial charge in [-0.2, -0.15) is 15.2 Å². The minimum absolute atomic E-state index is 0.0553. The van der Waals surface area contributed by atoms with Crippen LogP contribution in [0.25, 0.3) is 0 Å².